The standard InChI is InChI=1S/C17H16Br3N/c1-10-3-2-4-11(5-10)12-6-14(7-12)21-17-15(19)8-13(18)9-16(17)20/h2-5,8-9,12,14,21H,6-7H2,1H3. The zero-order valence-electron chi connectivity index (χ0n) is 11.7. The number of rotatable bonds is 3. The molecule has 0 saturated heterocycles. The maximum atomic E-state index is 3.64. The van der Waals surface area contributed by atoms with Crippen molar-refractivity contribution in [1.29, 1.82) is 0 Å². The second-order valence-corrected chi connectivity index (χ2v) is 8.29. The van der Waals surface area contributed by atoms with Crippen LogP contribution in [0, 0.1) is 6.92 Å². The molecule has 1 aliphatic rings. The monoisotopic (exact) mass is 471 g/mol. The SMILES string of the molecule is Cc1cccc(C2CC(Nc3c(Br)cc(Br)cc3Br)C2)c1. The fourth-order valence-electron chi connectivity index (χ4n) is 2.82. The molecule has 1 saturated carbocycles. The van der Waals surface area contributed by atoms with E-state index >= 15 is 0 Å². The number of hydrogen-bond donors (Lipinski definition) is 1. The van der Waals surface area contributed by atoms with Crippen LogP contribution in [-0.2, 0) is 0 Å². The Labute approximate surface area is 150 Å². The van der Waals surface area contributed by atoms with Gasteiger partial charge in [-0.3, -0.25) is 0 Å². The van der Waals surface area contributed by atoms with Crippen LogP contribution in [0.3, 0.4) is 0 Å². The molecule has 21 heavy (non-hydrogen) atoms. The molecule has 1 aliphatic carbocycles. The summed E-state index contributed by atoms with van der Waals surface area (Å²) in [5.41, 5.74) is 3.97. The first-order valence-electron chi connectivity index (χ1n) is 7.00. The lowest BCUT2D eigenvalue weighted by atomic mass is 9.75. The van der Waals surface area contributed by atoms with Crippen LogP contribution in [0.4, 0.5) is 5.69 Å². The molecule has 0 aliphatic heterocycles. The van der Waals surface area contributed by atoms with Gasteiger partial charge in [0.1, 0.15) is 0 Å². The Morgan fingerprint density at radius 1 is 1.00 bits per heavy atom. The van der Waals surface area contributed by atoms with Gasteiger partial charge < -0.3 is 5.32 Å². The van der Waals surface area contributed by atoms with E-state index in [1.807, 2.05) is 0 Å². The van der Waals surface area contributed by atoms with Gasteiger partial charge in [-0.1, -0.05) is 45.8 Å². The minimum Gasteiger partial charge on any atom is -0.380 e. The molecule has 0 atom stereocenters. The average Bonchev–Trinajstić information content (AvgIpc) is 2.35. The van der Waals surface area contributed by atoms with Crippen molar-refractivity contribution >= 4 is 53.5 Å². The fraction of sp³-hybridized carbons (Fsp3) is 0.294. The number of nitrogens with one attached hydrogen (secondary N) is 1. The van der Waals surface area contributed by atoms with Crippen LogP contribution in [-0.4, -0.2) is 6.04 Å². The van der Waals surface area contributed by atoms with Gasteiger partial charge >= 0.3 is 0 Å². The van der Waals surface area contributed by atoms with Crippen LogP contribution in [0.2, 0.25) is 0 Å². The van der Waals surface area contributed by atoms with Crippen LogP contribution in [0.15, 0.2) is 49.8 Å². The van der Waals surface area contributed by atoms with E-state index < -0.39 is 0 Å². The summed E-state index contributed by atoms with van der Waals surface area (Å²) in [6, 6.07) is 13.6. The van der Waals surface area contributed by atoms with Gasteiger partial charge in [-0.2, -0.15) is 0 Å². The van der Waals surface area contributed by atoms with E-state index in [4.69, 9.17) is 0 Å². The molecule has 0 amide bonds. The van der Waals surface area contributed by atoms with Crippen molar-refractivity contribution in [2.24, 2.45) is 0 Å². The Morgan fingerprint density at radius 3 is 2.29 bits per heavy atom. The summed E-state index contributed by atoms with van der Waals surface area (Å²) in [5.74, 6) is 0.690. The predicted octanol–water partition coefficient (Wildman–Crippen LogP) is 6.64. The minimum absolute atomic E-state index is 0.546. The maximum absolute atomic E-state index is 3.64. The molecule has 4 heteroatoms. The van der Waals surface area contributed by atoms with Gasteiger partial charge in [0.05, 0.1) is 5.69 Å². The number of anilines is 1. The number of halogens is 3. The van der Waals surface area contributed by atoms with E-state index in [-0.39, 0.29) is 0 Å². The third-order valence-electron chi connectivity index (χ3n) is 4.01. The largest absolute Gasteiger partial charge is 0.380 e. The smallest absolute Gasteiger partial charge is 0.0631 e. The van der Waals surface area contributed by atoms with Gasteiger partial charge in [-0.05, 0) is 75.2 Å². The van der Waals surface area contributed by atoms with Crippen LogP contribution in [0.25, 0.3) is 0 Å². The molecule has 0 unspecified atom stereocenters. The van der Waals surface area contributed by atoms with Gasteiger partial charge in [0.2, 0.25) is 0 Å². The van der Waals surface area contributed by atoms with Crippen LogP contribution < -0.4 is 5.32 Å². The lowest BCUT2D eigenvalue weighted by Gasteiger charge is -2.37. The molecule has 1 nitrogen and oxygen atoms in total. The highest BCUT2D eigenvalue weighted by Gasteiger charge is 2.30. The molecule has 3 rings (SSSR count). The van der Waals surface area contributed by atoms with Crippen molar-refractivity contribution in [3.8, 4) is 0 Å². The number of hydrogen-bond acceptors (Lipinski definition) is 1. The summed E-state index contributed by atoms with van der Waals surface area (Å²) < 4.78 is 3.24. The highest BCUT2D eigenvalue weighted by Crippen LogP contribution is 2.42. The van der Waals surface area contributed by atoms with Gasteiger partial charge in [-0.25, -0.2) is 0 Å². The molecule has 1 fully saturated rings. The number of benzene rings is 2. The predicted molar refractivity (Wildman–Crippen MR) is 100 cm³/mol. The van der Waals surface area contributed by atoms with Crippen molar-refractivity contribution in [1.82, 2.24) is 0 Å². The molecular formula is C17H16Br3N. The van der Waals surface area contributed by atoms with E-state index in [1.54, 1.807) is 0 Å². The van der Waals surface area contributed by atoms with Crippen molar-refractivity contribution in [2.45, 2.75) is 31.7 Å². The summed E-state index contributed by atoms with van der Waals surface area (Å²) >= 11 is 10.8. The Morgan fingerprint density at radius 2 is 1.67 bits per heavy atom. The Kier molecular flexibility index (Phi) is 4.77. The van der Waals surface area contributed by atoms with Crippen molar-refractivity contribution in [3.63, 3.8) is 0 Å². The zero-order valence-corrected chi connectivity index (χ0v) is 16.4. The first-order chi connectivity index (χ1) is 10.0. The Bertz CT molecular complexity index is 640. The highest BCUT2D eigenvalue weighted by atomic mass is 79.9. The van der Waals surface area contributed by atoms with E-state index in [0.29, 0.717) is 12.0 Å². The van der Waals surface area contributed by atoms with Crippen LogP contribution in [0.1, 0.15) is 29.9 Å². The first kappa shape index (κ1) is 15.6. The van der Waals surface area contributed by atoms with Crippen LogP contribution in [0.5, 0.6) is 0 Å². The number of aryl methyl sites for hydroxylation is 1. The van der Waals surface area contributed by atoms with Gasteiger partial charge in [0, 0.05) is 19.5 Å². The Hall–Kier alpha value is -0.320. The third-order valence-corrected chi connectivity index (χ3v) is 5.72. The molecule has 1 N–H and O–H groups in total. The second kappa shape index (κ2) is 6.43. The third kappa shape index (κ3) is 3.54. The summed E-state index contributed by atoms with van der Waals surface area (Å²) in [6.45, 7) is 2.16. The topological polar surface area (TPSA) is 12.0 Å². The molecule has 0 aromatic heterocycles. The normalized spacial score (nSPS) is 21.0. The summed E-state index contributed by atoms with van der Waals surface area (Å²) in [5, 5.41) is 3.64. The Balaban J connectivity index is 1.65. The zero-order chi connectivity index (χ0) is 15.0. The van der Waals surface area contributed by atoms with E-state index in [1.165, 1.54) is 24.0 Å². The van der Waals surface area contributed by atoms with E-state index in [0.717, 1.165) is 19.1 Å². The average molecular weight is 474 g/mol. The van der Waals surface area contributed by atoms with Gasteiger partial charge in [0.25, 0.3) is 0 Å². The van der Waals surface area contributed by atoms with Crippen molar-refractivity contribution in [3.05, 3.63) is 60.9 Å². The van der Waals surface area contributed by atoms with Crippen molar-refractivity contribution < 1.29 is 0 Å². The summed E-state index contributed by atoms with van der Waals surface area (Å²) in [4.78, 5) is 0. The molecule has 0 spiro atoms. The summed E-state index contributed by atoms with van der Waals surface area (Å²) in [7, 11) is 0. The van der Waals surface area contributed by atoms with Gasteiger partial charge in [0.15, 0.2) is 0 Å². The lowest BCUT2D eigenvalue weighted by molar-refractivity contribution is 0.374. The fourth-order valence-corrected chi connectivity index (χ4v) is 5.30. The molecule has 110 valence electrons. The van der Waals surface area contributed by atoms with Gasteiger partial charge in [-0.15, -0.1) is 0 Å². The van der Waals surface area contributed by atoms with Crippen molar-refractivity contribution in [2.75, 3.05) is 5.32 Å². The van der Waals surface area contributed by atoms with E-state index in [9.17, 15) is 0 Å². The molecule has 2 aromatic carbocycles. The quantitative estimate of drug-likeness (QED) is 0.526. The molecule has 2 aromatic rings. The van der Waals surface area contributed by atoms with E-state index in [2.05, 4.69) is 96.4 Å². The second-order valence-electron chi connectivity index (χ2n) is 5.67. The maximum Gasteiger partial charge on any atom is 0.0631 e. The molecule has 0 radical (unpaired) electrons. The minimum atomic E-state index is 0.546. The molecule has 0 heterocycles. The molecular weight excluding hydrogens is 458 g/mol. The summed E-state index contributed by atoms with van der Waals surface area (Å²) in [6.07, 6.45) is 2.39. The van der Waals surface area contributed by atoms with Crippen LogP contribution >= 0.6 is 47.8 Å². The molecule has 0 bridgehead atoms. The highest BCUT2D eigenvalue weighted by molar-refractivity contribution is 9.11. The lowest BCUT2D eigenvalue weighted by Crippen LogP contribution is -2.34. The first-order valence-corrected chi connectivity index (χ1v) is 9.38.